The van der Waals surface area contributed by atoms with E-state index in [4.69, 9.17) is 23.2 Å². The van der Waals surface area contributed by atoms with Crippen LogP contribution in [-0.4, -0.2) is 27.6 Å². The van der Waals surface area contributed by atoms with Crippen LogP contribution >= 0.6 is 34.5 Å². The van der Waals surface area contributed by atoms with Gasteiger partial charge < -0.3 is 5.11 Å². The number of carbonyl (C=O) groups excluding carboxylic acids is 3. The molecule has 3 aromatic rings. The van der Waals surface area contributed by atoms with E-state index in [0.29, 0.717) is 21.2 Å². The Morgan fingerprint density at radius 3 is 2.44 bits per heavy atom. The Kier molecular flexibility index (Phi) is 6.70. The molecule has 0 spiro atoms. The molecule has 1 aromatic heterocycles. The second-order valence-corrected chi connectivity index (χ2v) is 9.38. The van der Waals surface area contributed by atoms with Gasteiger partial charge in [-0.15, -0.1) is 0 Å². The second kappa shape index (κ2) is 9.54. The van der Waals surface area contributed by atoms with Crippen molar-refractivity contribution in [3.05, 3.63) is 97.7 Å². The van der Waals surface area contributed by atoms with Crippen molar-refractivity contribution in [3.63, 3.8) is 0 Å². The topological polar surface area (TPSA) is 87.6 Å². The van der Waals surface area contributed by atoms with E-state index in [9.17, 15) is 19.5 Å². The van der Waals surface area contributed by atoms with Crippen LogP contribution in [0.15, 0.2) is 65.9 Å². The van der Waals surface area contributed by atoms with Crippen LogP contribution in [0.2, 0.25) is 10.0 Å². The Hall–Kier alpha value is -3.26. The fourth-order valence-corrected chi connectivity index (χ4v) is 4.99. The summed E-state index contributed by atoms with van der Waals surface area (Å²) in [5, 5.41) is 11.5. The molecule has 9 heteroatoms. The summed E-state index contributed by atoms with van der Waals surface area (Å²) >= 11 is 13.3. The van der Waals surface area contributed by atoms with Gasteiger partial charge in [0.25, 0.3) is 5.91 Å². The molecule has 6 nitrogen and oxygen atoms in total. The zero-order valence-electron chi connectivity index (χ0n) is 18.1. The van der Waals surface area contributed by atoms with Crippen LogP contribution in [0.3, 0.4) is 0 Å². The predicted molar refractivity (Wildman–Crippen MR) is 134 cm³/mol. The molecule has 1 atom stereocenters. The smallest absolute Gasteiger partial charge is 0.296 e. The van der Waals surface area contributed by atoms with Gasteiger partial charge in [-0.1, -0.05) is 77.0 Å². The minimum Gasteiger partial charge on any atom is -0.503 e. The Morgan fingerprint density at radius 1 is 1.12 bits per heavy atom. The van der Waals surface area contributed by atoms with Crippen LogP contribution in [0, 0.1) is 6.92 Å². The average molecular weight is 513 g/mol. The maximum atomic E-state index is 13.3. The molecule has 1 amide bonds. The molecule has 0 aliphatic carbocycles. The Balaban J connectivity index is 1.83. The number of Topliss-reactive ketones (excluding diaryl/α,β-unsaturated/α-hetero) is 1. The number of hydrogen-bond donors (Lipinski definition) is 1. The normalized spacial score (nSPS) is 16.1. The fraction of sp³-hybridized carbons (Fsp3) is 0.120. The summed E-state index contributed by atoms with van der Waals surface area (Å²) in [6, 6.07) is 12.9. The first-order valence-corrected chi connectivity index (χ1v) is 11.7. The largest absolute Gasteiger partial charge is 0.503 e. The molecule has 2 heterocycles. The quantitative estimate of drug-likeness (QED) is 0.316. The number of aromatic nitrogens is 1. The maximum Gasteiger partial charge on any atom is 0.296 e. The molecule has 0 saturated heterocycles. The average Bonchev–Trinajstić information content (AvgIpc) is 3.32. The summed E-state index contributed by atoms with van der Waals surface area (Å²) < 4.78 is 0. The summed E-state index contributed by atoms with van der Waals surface area (Å²) in [5.74, 6) is -2.22. The number of aryl methyl sites for hydroxylation is 1. The summed E-state index contributed by atoms with van der Waals surface area (Å²) in [6.07, 6.45) is 2.90. The third-order valence-corrected chi connectivity index (χ3v) is 7.27. The summed E-state index contributed by atoms with van der Waals surface area (Å²) in [4.78, 5) is 44.4. The van der Waals surface area contributed by atoms with Gasteiger partial charge in [-0.25, -0.2) is 4.98 Å². The number of thiazole rings is 1. The van der Waals surface area contributed by atoms with Gasteiger partial charge in [0, 0.05) is 6.92 Å². The van der Waals surface area contributed by atoms with Crippen LogP contribution in [0.25, 0.3) is 6.08 Å². The molecule has 34 heavy (non-hydrogen) atoms. The SMILES string of the molecule is CC(=O)c1sc(N2C(=O)C(O)=C(C(=O)C=Cc3ccccc3)C2c2ccc(Cl)c(Cl)c2)nc1C. The standard InChI is InChI=1S/C25H18Cl2N2O4S/c1-13-23(14(2)30)34-25(28-13)29-21(16-9-10-17(26)18(27)12-16)20(22(32)24(29)33)19(31)11-8-15-6-4-3-5-7-15/h3-12,21,32H,1-2H3. The lowest BCUT2D eigenvalue weighted by atomic mass is 9.96. The molecule has 1 aliphatic heterocycles. The fourth-order valence-electron chi connectivity index (χ4n) is 3.69. The van der Waals surface area contributed by atoms with Crippen molar-refractivity contribution < 1.29 is 19.5 Å². The number of aliphatic hydroxyl groups excluding tert-OH is 1. The van der Waals surface area contributed by atoms with Crippen molar-refractivity contribution in [1.82, 2.24) is 4.98 Å². The van der Waals surface area contributed by atoms with Gasteiger partial charge in [-0.05, 0) is 36.3 Å². The van der Waals surface area contributed by atoms with Crippen LogP contribution in [0.4, 0.5) is 5.13 Å². The highest BCUT2D eigenvalue weighted by molar-refractivity contribution is 7.17. The van der Waals surface area contributed by atoms with Gasteiger partial charge in [-0.3, -0.25) is 19.3 Å². The molecule has 1 N–H and O–H groups in total. The zero-order chi connectivity index (χ0) is 24.6. The number of nitrogens with zero attached hydrogens (tertiary/aromatic N) is 2. The molecule has 1 aliphatic rings. The van der Waals surface area contributed by atoms with E-state index < -0.39 is 23.5 Å². The lowest BCUT2D eigenvalue weighted by Crippen LogP contribution is -2.30. The van der Waals surface area contributed by atoms with E-state index in [1.165, 1.54) is 24.0 Å². The van der Waals surface area contributed by atoms with Gasteiger partial charge in [0.2, 0.25) is 0 Å². The van der Waals surface area contributed by atoms with E-state index >= 15 is 0 Å². The number of halogens is 2. The summed E-state index contributed by atoms with van der Waals surface area (Å²) in [6.45, 7) is 3.07. The molecule has 0 radical (unpaired) electrons. The molecule has 172 valence electrons. The van der Waals surface area contributed by atoms with E-state index in [0.717, 1.165) is 16.9 Å². The van der Waals surface area contributed by atoms with Crippen LogP contribution in [0.1, 0.15) is 39.5 Å². The van der Waals surface area contributed by atoms with Crippen molar-refractivity contribution in [3.8, 4) is 0 Å². The van der Waals surface area contributed by atoms with Crippen LogP contribution < -0.4 is 4.90 Å². The first kappa shape index (κ1) is 23.9. The van der Waals surface area contributed by atoms with Crippen molar-refractivity contribution in [2.75, 3.05) is 4.90 Å². The summed E-state index contributed by atoms with van der Waals surface area (Å²) in [5.41, 5.74) is 1.58. The highest BCUT2D eigenvalue weighted by Crippen LogP contribution is 2.44. The van der Waals surface area contributed by atoms with Gasteiger partial charge in [-0.2, -0.15) is 0 Å². The Morgan fingerprint density at radius 2 is 1.82 bits per heavy atom. The number of hydrogen-bond acceptors (Lipinski definition) is 6. The molecule has 2 aromatic carbocycles. The number of ketones is 2. The number of anilines is 1. The summed E-state index contributed by atoms with van der Waals surface area (Å²) in [7, 11) is 0. The van der Waals surface area contributed by atoms with Crippen molar-refractivity contribution >= 4 is 63.2 Å². The minimum absolute atomic E-state index is 0.118. The highest BCUT2D eigenvalue weighted by Gasteiger charge is 2.45. The molecule has 0 fully saturated rings. The molecule has 0 saturated carbocycles. The van der Waals surface area contributed by atoms with E-state index in [2.05, 4.69) is 4.98 Å². The van der Waals surface area contributed by atoms with E-state index in [1.807, 2.05) is 30.3 Å². The second-order valence-electron chi connectivity index (χ2n) is 7.59. The molecule has 0 bridgehead atoms. The molecular formula is C25H18Cl2N2O4S. The number of rotatable bonds is 6. The molecule has 4 rings (SSSR count). The van der Waals surface area contributed by atoms with Gasteiger partial charge >= 0.3 is 0 Å². The predicted octanol–water partition coefficient (Wildman–Crippen LogP) is 6.14. The van der Waals surface area contributed by atoms with E-state index in [1.54, 1.807) is 25.1 Å². The minimum atomic E-state index is -1.01. The maximum absolute atomic E-state index is 13.3. The van der Waals surface area contributed by atoms with Crippen LogP contribution in [0.5, 0.6) is 0 Å². The van der Waals surface area contributed by atoms with Gasteiger partial charge in [0.15, 0.2) is 22.5 Å². The lowest BCUT2D eigenvalue weighted by Gasteiger charge is -2.24. The number of aliphatic hydroxyl groups is 1. The van der Waals surface area contributed by atoms with Crippen molar-refractivity contribution in [2.24, 2.45) is 0 Å². The Labute approximate surface area is 209 Å². The van der Waals surface area contributed by atoms with Gasteiger partial charge in [0.1, 0.15) is 0 Å². The number of allylic oxidation sites excluding steroid dienone is 1. The molecular weight excluding hydrogens is 495 g/mol. The van der Waals surface area contributed by atoms with E-state index in [-0.39, 0.29) is 21.5 Å². The third-order valence-electron chi connectivity index (χ3n) is 5.27. The van der Waals surface area contributed by atoms with Gasteiger partial charge in [0.05, 0.1) is 32.2 Å². The van der Waals surface area contributed by atoms with Crippen molar-refractivity contribution in [2.45, 2.75) is 19.9 Å². The molecule has 1 unspecified atom stereocenters. The van der Waals surface area contributed by atoms with Crippen molar-refractivity contribution in [1.29, 1.82) is 0 Å². The zero-order valence-corrected chi connectivity index (χ0v) is 20.4. The first-order valence-electron chi connectivity index (χ1n) is 10.2. The third kappa shape index (κ3) is 4.42. The van der Waals surface area contributed by atoms with Crippen LogP contribution in [-0.2, 0) is 9.59 Å². The number of carbonyl (C=O) groups is 3. The highest BCUT2D eigenvalue weighted by atomic mass is 35.5. The lowest BCUT2D eigenvalue weighted by molar-refractivity contribution is -0.117. The monoisotopic (exact) mass is 512 g/mol. The Bertz CT molecular complexity index is 1380. The number of amides is 1. The first-order chi connectivity index (χ1) is 16.2. The number of benzene rings is 2.